The van der Waals surface area contributed by atoms with E-state index in [2.05, 4.69) is 5.32 Å². The average Bonchev–Trinajstić information content (AvgIpc) is 2.55. The third kappa shape index (κ3) is 4.87. The first-order valence-corrected chi connectivity index (χ1v) is 8.43. The van der Waals surface area contributed by atoms with Crippen molar-refractivity contribution in [2.45, 2.75) is 13.8 Å². The van der Waals surface area contributed by atoms with Crippen LogP contribution < -0.4 is 15.0 Å². The molecule has 2 amide bonds. The lowest BCUT2D eigenvalue weighted by Crippen LogP contribution is -2.37. The second-order valence-electron chi connectivity index (χ2n) is 5.15. The van der Waals surface area contributed by atoms with Crippen molar-refractivity contribution < 1.29 is 14.3 Å². The van der Waals surface area contributed by atoms with Gasteiger partial charge < -0.3 is 15.0 Å². The van der Waals surface area contributed by atoms with Gasteiger partial charge in [-0.05, 0) is 31.2 Å². The Kier molecular flexibility index (Phi) is 6.67. The molecule has 0 bridgehead atoms. The zero-order valence-corrected chi connectivity index (χ0v) is 15.4. The summed E-state index contributed by atoms with van der Waals surface area (Å²) in [6.07, 6.45) is 0. The summed E-state index contributed by atoms with van der Waals surface area (Å²) in [7, 11) is 0. The predicted molar refractivity (Wildman–Crippen MR) is 101 cm³/mol. The van der Waals surface area contributed by atoms with Gasteiger partial charge in [-0.15, -0.1) is 0 Å². The fourth-order valence-corrected chi connectivity index (χ4v) is 2.88. The lowest BCUT2D eigenvalue weighted by molar-refractivity contribution is -0.120. The molecule has 0 saturated carbocycles. The topological polar surface area (TPSA) is 58.6 Å². The van der Waals surface area contributed by atoms with Crippen LogP contribution in [0.1, 0.15) is 13.8 Å². The molecule has 1 N–H and O–H groups in total. The monoisotopic (exact) mass is 380 g/mol. The highest BCUT2D eigenvalue weighted by molar-refractivity contribution is 6.40. The van der Waals surface area contributed by atoms with Crippen LogP contribution in [0.4, 0.5) is 11.4 Å². The first-order chi connectivity index (χ1) is 11.9. The highest BCUT2D eigenvalue weighted by atomic mass is 35.5. The van der Waals surface area contributed by atoms with E-state index in [1.807, 2.05) is 13.0 Å². The highest BCUT2D eigenvalue weighted by Crippen LogP contribution is 2.33. The van der Waals surface area contributed by atoms with Gasteiger partial charge in [0.25, 0.3) is 0 Å². The number of nitrogens with zero attached hydrogens (tertiary/aromatic N) is 1. The van der Waals surface area contributed by atoms with E-state index in [1.54, 1.807) is 36.4 Å². The Bertz CT molecular complexity index is 760. The molecule has 2 aromatic rings. The second-order valence-corrected chi connectivity index (χ2v) is 5.97. The summed E-state index contributed by atoms with van der Waals surface area (Å²) in [5.74, 6) is -0.176. The first kappa shape index (κ1) is 19.1. The number of rotatable bonds is 6. The smallest absolute Gasteiger partial charge is 0.244 e. The van der Waals surface area contributed by atoms with Crippen LogP contribution in [0.25, 0.3) is 0 Å². The molecule has 0 spiro atoms. The van der Waals surface area contributed by atoms with Gasteiger partial charge in [0, 0.05) is 6.92 Å². The zero-order valence-electron chi connectivity index (χ0n) is 13.9. The summed E-state index contributed by atoms with van der Waals surface area (Å²) in [5, 5.41) is 3.34. The van der Waals surface area contributed by atoms with E-state index >= 15 is 0 Å². The maximum Gasteiger partial charge on any atom is 0.244 e. The van der Waals surface area contributed by atoms with Gasteiger partial charge in [0.15, 0.2) is 0 Å². The molecule has 132 valence electrons. The summed E-state index contributed by atoms with van der Waals surface area (Å²) >= 11 is 12.3. The number of benzene rings is 2. The molecule has 0 saturated heterocycles. The minimum atomic E-state index is -0.390. The Morgan fingerprint density at radius 3 is 2.32 bits per heavy atom. The standard InChI is InChI=1S/C18H18Cl2N2O3/c1-3-25-16-10-5-4-9-15(16)21-17(24)11-22(12(2)23)18-13(19)7-6-8-14(18)20/h4-10H,3,11H2,1-2H3,(H,21,24). The molecule has 2 rings (SSSR count). The van der Waals surface area contributed by atoms with E-state index < -0.39 is 5.91 Å². The predicted octanol–water partition coefficient (Wildman–Crippen LogP) is 4.38. The van der Waals surface area contributed by atoms with Gasteiger partial charge in [-0.25, -0.2) is 0 Å². The van der Waals surface area contributed by atoms with Crippen molar-refractivity contribution in [2.24, 2.45) is 0 Å². The zero-order chi connectivity index (χ0) is 18.4. The van der Waals surface area contributed by atoms with Gasteiger partial charge >= 0.3 is 0 Å². The molecule has 7 heteroatoms. The molecule has 0 radical (unpaired) electrons. The molecule has 0 aromatic heterocycles. The Labute approximate surface area is 156 Å². The average molecular weight is 381 g/mol. The summed E-state index contributed by atoms with van der Waals surface area (Å²) in [6.45, 7) is 3.46. The maximum absolute atomic E-state index is 12.4. The van der Waals surface area contributed by atoms with Crippen LogP contribution in [0.2, 0.25) is 10.0 Å². The number of amides is 2. The normalized spacial score (nSPS) is 10.2. The molecule has 0 heterocycles. The highest BCUT2D eigenvalue weighted by Gasteiger charge is 2.21. The summed E-state index contributed by atoms with van der Waals surface area (Å²) < 4.78 is 5.48. The van der Waals surface area contributed by atoms with E-state index in [0.717, 1.165) is 0 Å². The van der Waals surface area contributed by atoms with Gasteiger partial charge in [0.1, 0.15) is 12.3 Å². The third-order valence-corrected chi connectivity index (χ3v) is 3.96. The van der Waals surface area contributed by atoms with E-state index in [4.69, 9.17) is 27.9 Å². The van der Waals surface area contributed by atoms with Crippen LogP contribution in [0, 0.1) is 0 Å². The fraction of sp³-hybridized carbons (Fsp3) is 0.222. The number of anilines is 2. The molecule has 25 heavy (non-hydrogen) atoms. The number of carbonyl (C=O) groups is 2. The molecule has 5 nitrogen and oxygen atoms in total. The summed E-state index contributed by atoms with van der Waals surface area (Å²) in [5.41, 5.74) is 0.842. The fourth-order valence-electron chi connectivity index (χ4n) is 2.28. The lowest BCUT2D eigenvalue weighted by atomic mass is 10.2. The quantitative estimate of drug-likeness (QED) is 0.808. The summed E-state index contributed by atoms with van der Waals surface area (Å²) in [4.78, 5) is 25.7. The number of para-hydroxylation sites is 3. The van der Waals surface area contributed by atoms with Crippen LogP contribution in [0.5, 0.6) is 5.75 Å². The van der Waals surface area contributed by atoms with Crippen molar-refractivity contribution in [1.29, 1.82) is 0 Å². The molecule has 2 aromatic carbocycles. The van der Waals surface area contributed by atoms with Gasteiger partial charge in [-0.3, -0.25) is 9.59 Å². The van der Waals surface area contributed by atoms with Crippen LogP contribution in [0.15, 0.2) is 42.5 Å². The van der Waals surface area contributed by atoms with Crippen LogP contribution in [-0.2, 0) is 9.59 Å². The number of ether oxygens (including phenoxy) is 1. The largest absolute Gasteiger partial charge is 0.492 e. The number of carbonyl (C=O) groups excluding carboxylic acids is 2. The van der Waals surface area contributed by atoms with Crippen molar-refractivity contribution in [3.63, 3.8) is 0 Å². The number of hydrogen-bond donors (Lipinski definition) is 1. The molecule has 0 atom stereocenters. The number of hydrogen-bond acceptors (Lipinski definition) is 3. The van der Waals surface area contributed by atoms with Crippen LogP contribution in [0.3, 0.4) is 0 Å². The van der Waals surface area contributed by atoms with Crippen LogP contribution in [-0.4, -0.2) is 25.0 Å². The minimum Gasteiger partial charge on any atom is -0.492 e. The van der Waals surface area contributed by atoms with Crippen molar-refractivity contribution in [2.75, 3.05) is 23.4 Å². The van der Waals surface area contributed by atoms with Crippen LogP contribution >= 0.6 is 23.2 Å². The lowest BCUT2D eigenvalue weighted by Gasteiger charge is -2.23. The molecule has 0 fully saturated rings. The Balaban J connectivity index is 2.21. The Hall–Kier alpha value is -2.24. The minimum absolute atomic E-state index is 0.223. The SMILES string of the molecule is CCOc1ccccc1NC(=O)CN(C(C)=O)c1c(Cl)cccc1Cl. The van der Waals surface area contributed by atoms with Crippen molar-refractivity contribution >= 4 is 46.4 Å². The van der Waals surface area contributed by atoms with Gasteiger partial charge in [0.2, 0.25) is 11.8 Å². The van der Waals surface area contributed by atoms with Crippen molar-refractivity contribution in [1.82, 2.24) is 0 Å². The summed E-state index contributed by atoms with van der Waals surface area (Å²) in [6, 6.07) is 12.0. The molecule has 0 aliphatic carbocycles. The van der Waals surface area contributed by atoms with E-state index in [1.165, 1.54) is 11.8 Å². The Morgan fingerprint density at radius 1 is 1.08 bits per heavy atom. The molecule has 0 unspecified atom stereocenters. The van der Waals surface area contributed by atoms with Gasteiger partial charge in [-0.2, -0.15) is 0 Å². The molecular weight excluding hydrogens is 363 g/mol. The molecular formula is C18H18Cl2N2O3. The number of nitrogens with one attached hydrogen (secondary N) is 1. The van der Waals surface area contributed by atoms with Gasteiger partial charge in [-0.1, -0.05) is 41.4 Å². The number of halogens is 2. The van der Waals surface area contributed by atoms with E-state index in [-0.39, 0.29) is 12.5 Å². The van der Waals surface area contributed by atoms with Crippen molar-refractivity contribution in [3.05, 3.63) is 52.5 Å². The molecule has 0 aliphatic rings. The van der Waals surface area contributed by atoms with E-state index in [9.17, 15) is 9.59 Å². The second kappa shape index (κ2) is 8.74. The van der Waals surface area contributed by atoms with Crippen molar-refractivity contribution in [3.8, 4) is 5.75 Å². The van der Waals surface area contributed by atoms with E-state index in [0.29, 0.717) is 33.8 Å². The van der Waals surface area contributed by atoms with Gasteiger partial charge in [0.05, 0.1) is 28.0 Å². The first-order valence-electron chi connectivity index (χ1n) is 7.67. The Morgan fingerprint density at radius 2 is 1.72 bits per heavy atom. The third-order valence-electron chi connectivity index (χ3n) is 3.35. The molecule has 0 aliphatic heterocycles. The maximum atomic E-state index is 12.4.